The zero-order valence-corrected chi connectivity index (χ0v) is 26.0. The number of phenols is 1. The summed E-state index contributed by atoms with van der Waals surface area (Å²) in [5, 5.41) is 54.9. The summed E-state index contributed by atoms with van der Waals surface area (Å²) in [7, 11) is 1.30. The van der Waals surface area contributed by atoms with Crippen molar-refractivity contribution in [1.29, 1.82) is 0 Å². The number of methoxy groups -OCH3 is 1. The number of ether oxygens (including phenoxy) is 5. The van der Waals surface area contributed by atoms with Gasteiger partial charge in [0, 0.05) is 27.7 Å². The van der Waals surface area contributed by atoms with Crippen LogP contribution in [-0.2, 0) is 18.9 Å². The van der Waals surface area contributed by atoms with E-state index in [0.29, 0.717) is 4.47 Å². The maximum atomic E-state index is 13.3. The van der Waals surface area contributed by atoms with Gasteiger partial charge < -0.3 is 58.1 Å². The Labute approximate surface area is 266 Å². The number of fused-ring (bicyclic) bond motifs is 2. The van der Waals surface area contributed by atoms with E-state index >= 15 is 0 Å². The summed E-state index contributed by atoms with van der Waals surface area (Å²) in [6.07, 6.45) is -13.0. The Bertz CT molecular complexity index is 2070. The molecule has 2 fully saturated rings. The van der Waals surface area contributed by atoms with Crippen molar-refractivity contribution in [1.82, 2.24) is 0 Å². The van der Waals surface area contributed by atoms with E-state index in [1.165, 1.54) is 44.4 Å². The molecule has 244 valence electrons. The predicted octanol–water partition coefficient (Wildman–Crippen LogP) is 1.82. The SMILES string of the molecule is COC1[C@@H](O)C(C)O[C@H](OC2[C@H](Oc3cccc4c(O)c5c(=O)oc6cc(Br)cc7c(=O)oc(c34)c5c67)OC(C)[C@H](O)[C@@H]2O)[C@@H]1O. The fourth-order valence-electron chi connectivity index (χ4n) is 6.38. The van der Waals surface area contributed by atoms with Crippen molar-refractivity contribution in [2.75, 3.05) is 7.11 Å². The molecule has 2 aromatic heterocycles. The molecule has 2 aliphatic rings. The number of hydrogen-bond acceptors (Lipinski definition) is 14. The Morgan fingerprint density at radius 3 is 2.22 bits per heavy atom. The lowest BCUT2D eigenvalue weighted by Gasteiger charge is -2.46. The predicted molar refractivity (Wildman–Crippen MR) is 163 cm³/mol. The maximum Gasteiger partial charge on any atom is 0.348 e. The second-order valence-corrected chi connectivity index (χ2v) is 12.4. The standard InChI is InChI=1S/C31H29BrO14/c1-9-20(33)23(36)27(46-30-24(37)26(40-3)21(34)10(2)41-30)31(42-9)44-14-6-4-5-12-17(14)25-18-16-13(28(38)45-25)7-11(32)8-15(16)43-29(39)19(18)22(12)35/h4-10,20-21,23-24,26-27,30-31,33-37H,1-3H3/t9?,10?,20-,21-,23-,24+,26?,27?,30+,31-/m0/s1. The van der Waals surface area contributed by atoms with Crippen LogP contribution in [0.1, 0.15) is 13.8 Å². The minimum absolute atomic E-state index is 0.00230. The molecule has 5 N–H and O–H groups in total. The molecule has 7 rings (SSSR count). The van der Waals surface area contributed by atoms with Crippen LogP contribution in [0.2, 0.25) is 0 Å². The van der Waals surface area contributed by atoms with Gasteiger partial charge in [-0.05, 0) is 32.0 Å². The summed E-state index contributed by atoms with van der Waals surface area (Å²) in [6.45, 7) is 3.05. The van der Waals surface area contributed by atoms with Gasteiger partial charge in [0.15, 0.2) is 18.0 Å². The molecule has 15 heteroatoms. The van der Waals surface area contributed by atoms with Crippen molar-refractivity contribution in [2.24, 2.45) is 0 Å². The van der Waals surface area contributed by atoms with Crippen LogP contribution in [0.4, 0.5) is 0 Å². The molecule has 46 heavy (non-hydrogen) atoms. The van der Waals surface area contributed by atoms with Gasteiger partial charge in [0.25, 0.3) is 0 Å². The molecule has 2 aliphatic heterocycles. The Morgan fingerprint density at radius 2 is 1.48 bits per heavy atom. The van der Waals surface area contributed by atoms with E-state index in [1.54, 1.807) is 6.92 Å². The zero-order valence-electron chi connectivity index (χ0n) is 24.4. The molecule has 4 heterocycles. The number of halogens is 1. The molecule has 3 aromatic carbocycles. The zero-order chi connectivity index (χ0) is 32.8. The molecule has 5 aromatic rings. The lowest BCUT2D eigenvalue weighted by molar-refractivity contribution is -0.353. The second kappa shape index (κ2) is 11.4. The topological polar surface area (TPSA) is 208 Å². The van der Waals surface area contributed by atoms with E-state index in [-0.39, 0.29) is 49.2 Å². The summed E-state index contributed by atoms with van der Waals surface area (Å²) < 4.78 is 40.8. The van der Waals surface area contributed by atoms with E-state index in [0.717, 1.165) is 0 Å². The van der Waals surface area contributed by atoms with Gasteiger partial charge in [-0.1, -0.05) is 28.1 Å². The van der Waals surface area contributed by atoms with Crippen molar-refractivity contribution in [3.05, 3.63) is 55.6 Å². The number of rotatable bonds is 5. The van der Waals surface area contributed by atoms with Crippen LogP contribution in [0, 0.1) is 0 Å². The lowest BCUT2D eigenvalue weighted by atomic mass is 9.97. The van der Waals surface area contributed by atoms with Crippen molar-refractivity contribution in [2.45, 2.75) is 75.3 Å². The molecule has 14 nitrogen and oxygen atoms in total. The normalized spacial score (nSPS) is 32.2. The number of benzene rings is 3. The smallest absolute Gasteiger partial charge is 0.348 e. The Morgan fingerprint density at radius 1 is 0.761 bits per heavy atom. The molecular formula is C31H29BrO14. The number of aliphatic hydroxyl groups excluding tert-OH is 4. The quantitative estimate of drug-likeness (QED) is 0.101. The van der Waals surface area contributed by atoms with E-state index in [1.807, 2.05) is 0 Å². The summed E-state index contributed by atoms with van der Waals surface area (Å²) in [6, 6.07) is 7.53. The molecule has 4 unspecified atom stereocenters. The molecule has 0 saturated carbocycles. The summed E-state index contributed by atoms with van der Waals surface area (Å²) in [4.78, 5) is 26.4. The summed E-state index contributed by atoms with van der Waals surface area (Å²) in [5.41, 5.74) is -1.58. The lowest BCUT2D eigenvalue weighted by Crippen LogP contribution is -2.64. The highest BCUT2D eigenvalue weighted by Crippen LogP contribution is 2.45. The summed E-state index contributed by atoms with van der Waals surface area (Å²) >= 11 is 3.31. The van der Waals surface area contributed by atoms with Gasteiger partial charge in [-0.3, -0.25) is 0 Å². The van der Waals surface area contributed by atoms with E-state index in [2.05, 4.69) is 15.9 Å². The van der Waals surface area contributed by atoms with Crippen LogP contribution in [-0.4, -0.2) is 94.1 Å². The Kier molecular flexibility index (Phi) is 7.74. The van der Waals surface area contributed by atoms with Crippen LogP contribution in [0.15, 0.2) is 53.2 Å². The van der Waals surface area contributed by atoms with Crippen LogP contribution >= 0.6 is 15.9 Å². The third-order valence-corrected chi connectivity index (χ3v) is 9.19. The average molecular weight is 705 g/mol. The molecule has 2 saturated heterocycles. The molecular weight excluding hydrogens is 676 g/mol. The van der Waals surface area contributed by atoms with Gasteiger partial charge in [-0.15, -0.1) is 0 Å². The van der Waals surface area contributed by atoms with Crippen LogP contribution in [0.3, 0.4) is 0 Å². The van der Waals surface area contributed by atoms with Gasteiger partial charge >= 0.3 is 11.3 Å². The van der Waals surface area contributed by atoms with Gasteiger partial charge in [0.2, 0.25) is 6.29 Å². The highest BCUT2D eigenvalue weighted by atomic mass is 79.9. The minimum Gasteiger partial charge on any atom is -0.506 e. The Balaban J connectivity index is 1.38. The highest BCUT2D eigenvalue weighted by molar-refractivity contribution is 9.10. The number of phenolic OH excluding ortho intramolecular Hbond substituents is 1. The van der Waals surface area contributed by atoms with Crippen LogP contribution in [0.5, 0.6) is 11.5 Å². The second-order valence-electron chi connectivity index (χ2n) is 11.5. The molecule has 0 spiro atoms. The van der Waals surface area contributed by atoms with E-state index in [4.69, 9.17) is 32.5 Å². The first-order valence-electron chi connectivity index (χ1n) is 14.4. The van der Waals surface area contributed by atoms with Crippen LogP contribution < -0.4 is 16.0 Å². The van der Waals surface area contributed by atoms with Crippen molar-refractivity contribution in [3.63, 3.8) is 0 Å². The van der Waals surface area contributed by atoms with Crippen molar-refractivity contribution < 1.29 is 58.1 Å². The molecule has 0 amide bonds. The fourth-order valence-corrected chi connectivity index (χ4v) is 6.82. The third kappa shape index (κ3) is 4.69. The first kappa shape index (κ1) is 31.2. The van der Waals surface area contributed by atoms with Gasteiger partial charge in [0.1, 0.15) is 53.0 Å². The van der Waals surface area contributed by atoms with Gasteiger partial charge in [-0.25, -0.2) is 9.59 Å². The third-order valence-electron chi connectivity index (χ3n) is 8.73. The Hall–Kier alpha value is -3.38. The fraction of sp³-hybridized carbons (Fsp3) is 0.419. The first-order valence-corrected chi connectivity index (χ1v) is 15.2. The molecule has 0 radical (unpaired) electrons. The first-order chi connectivity index (χ1) is 21.9. The van der Waals surface area contributed by atoms with Crippen LogP contribution in [0.25, 0.3) is 43.5 Å². The summed E-state index contributed by atoms with van der Waals surface area (Å²) in [5.74, 6) is -0.447. The number of aromatic hydroxyl groups is 1. The average Bonchev–Trinajstić information content (AvgIpc) is 3.01. The van der Waals surface area contributed by atoms with Gasteiger partial charge in [0.05, 0.1) is 23.0 Å². The van der Waals surface area contributed by atoms with Crippen molar-refractivity contribution >= 4 is 59.4 Å². The van der Waals surface area contributed by atoms with Gasteiger partial charge in [-0.2, -0.15) is 0 Å². The maximum absolute atomic E-state index is 13.3. The van der Waals surface area contributed by atoms with E-state index < -0.39 is 78.4 Å². The minimum atomic E-state index is -1.61. The molecule has 0 bridgehead atoms. The van der Waals surface area contributed by atoms with Crippen molar-refractivity contribution in [3.8, 4) is 11.5 Å². The molecule has 10 atom stereocenters. The largest absolute Gasteiger partial charge is 0.506 e. The molecule has 0 aliphatic carbocycles. The highest BCUT2D eigenvalue weighted by Gasteiger charge is 2.50. The monoisotopic (exact) mass is 704 g/mol. The number of hydrogen-bond donors (Lipinski definition) is 5. The van der Waals surface area contributed by atoms with E-state index in [9.17, 15) is 35.1 Å². The number of aliphatic hydroxyl groups is 4.